The first-order valence-corrected chi connectivity index (χ1v) is 14.5. The zero-order chi connectivity index (χ0) is 26.9. The maximum Gasteiger partial charge on any atom is 0.264 e. The van der Waals surface area contributed by atoms with Crippen molar-refractivity contribution in [3.63, 3.8) is 0 Å². The third-order valence-corrected chi connectivity index (χ3v) is 8.69. The van der Waals surface area contributed by atoms with E-state index in [4.69, 9.17) is 27.3 Å². The van der Waals surface area contributed by atoms with E-state index in [1.165, 1.54) is 12.1 Å². The molecule has 1 aromatic carbocycles. The number of hydrogen-bond donors (Lipinski definition) is 3. The molecule has 1 aliphatic rings. The lowest BCUT2D eigenvalue weighted by Crippen LogP contribution is -2.33. The second-order valence-electron chi connectivity index (χ2n) is 9.57. The van der Waals surface area contributed by atoms with Crippen LogP contribution in [0.3, 0.4) is 0 Å². The summed E-state index contributed by atoms with van der Waals surface area (Å²) in [5.41, 5.74) is 10.7. The Balaban J connectivity index is 1.41. The molecule has 4 aromatic rings. The average Bonchev–Trinajstić information content (AvgIpc) is 2.89. The van der Waals surface area contributed by atoms with Crippen LogP contribution in [-0.2, 0) is 16.4 Å². The molecule has 1 aliphatic carbocycles. The molecule has 0 spiro atoms. The van der Waals surface area contributed by atoms with Gasteiger partial charge in [-0.25, -0.2) is 28.4 Å². The van der Waals surface area contributed by atoms with Crippen LogP contribution < -0.4 is 15.8 Å². The number of fused-ring (bicyclic) bond motifs is 1. The predicted octanol–water partition coefficient (Wildman–Crippen LogP) is 5.09. The maximum absolute atomic E-state index is 12.8. The predicted molar refractivity (Wildman–Crippen MR) is 151 cm³/mol. The standard InChI is InChI=1S/C27H30ClN7O2S/c1-3-17-14-22(33-23-15-30-27(34-26(17)23)32-19-10-8-18(29)9-11-19)20-12-13-25(31-16(20)2)35-38(36,37)24-7-5-4-6-21(24)28/h4-7,12-15,18-19H,3,8-11,29H2,1-2H3,(H,31,35)(H,30,32,34)/t18-,19-. The molecule has 0 aliphatic heterocycles. The molecule has 5 rings (SSSR count). The van der Waals surface area contributed by atoms with E-state index in [-0.39, 0.29) is 21.8 Å². The van der Waals surface area contributed by atoms with E-state index in [9.17, 15) is 8.42 Å². The number of pyridine rings is 2. The Morgan fingerprint density at radius 3 is 2.53 bits per heavy atom. The first-order chi connectivity index (χ1) is 18.2. The lowest BCUT2D eigenvalue weighted by Gasteiger charge is -2.26. The summed E-state index contributed by atoms with van der Waals surface area (Å²) in [4.78, 5) is 18.6. The van der Waals surface area contributed by atoms with Gasteiger partial charge in [0.1, 0.15) is 16.2 Å². The summed E-state index contributed by atoms with van der Waals surface area (Å²) < 4.78 is 28.1. The monoisotopic (exact) mass is 551 g/mol. The van der Waals surface area contributed by atoms with Crippen LogP contribution in [0.2, 0.25) is 5.02 Å². The number of halogens is 1. The van der Waals surface area contributed by atoms with Crippen molar-refractivity contribution in [2.24, 2.45) is 5.73 Å². The van der Waals surface area contributed by atoms with Gasteiger partial charge in [-0.1, -0.05) is 30.7 Å². The maximum atomic E-state index is 12.8. The molecular weight excluding hydrogens is 522 g/mol. The first-order valence-electron chi connectivity index (χ1n) is 12.7. The number of aryl methyl sites for hydroxylation is 2. The highest BCUT2D eigenvalue weighted by Crippen LogP contribution is 2.29. The summed E-state index contributed by atoms with van der Waals surface area (Å²) in [5, 5.41) is 3.60. The number of nitrogens with two attached hydrogens (primary N) is 1. The van der Waals surface area contributed by atoms with Gasteiger partial charge in [0.25, 0.3) is 10.0 Å². The lowest BCUT2D eigenvalue weighted by molar-refractivity contribution is 0.410. The third-order valence-electron chi connectivity index (χ3n) is 6.84. The van der Waals surface area contributed by atoms with Crippen molar-refractivity contribution in [1.82, 2.24) is 19.9 Å². The fourth-order valence-electron chi connectivity index (χ4n) is 4.76. The number of nitrogens with zero attached hydrogens (tertiary/aromatic N) is 4. The number of anilines is 2. The number of aromatic nitrogens is 4. The number of rotatable bonds is 7. The van der Waals surface area contributed by atoms with E-state index in [2.05, 4.69) is 26.9 Å². The Kier molecular flexibility index (Phi) is 7.47. The van der Waals surface area contributed by atoms with Crippen molar-refractivity contribution < 1.29 is 8.42 Å². The van der Waals surface area contributed by atoms with Gasteiger partial charge in [-0.2, -0.15) is 0 Å². The molecule has 3 aromatic heterocycles. The molecular formula is C27H30ClN7O2S. The smallest absolute Gasteiger partial charge is 0.264 e. The van der Waals surface area contributed by atoms with Gasteiger partial charge < -0.3 is 11.1 Å². The van der Waals surface area contributed by atoms with E-state index >= 15 is 0 Å². The molecule has 1 fully saturated rings. The number of hydrogen-bond acceptors (Lipinski definition) is 8. The fourth-order valence-corrected chi connectivity index (χ4v) is 6.28. The quantitative estimate of drug-likeness (QED) is 0.289. The van der Waals surface area contributed by atoms with E-state index in [0.717, 1.165) is 54.4 Å². The topological polar surface area (TPSA) is 136 Å². The van der Waals surface area contributed by atoms with Gasteiger partial charge in [0.2, 0.25) is 5.95 Å². The summed E-state index contributed by atoms with van der Waals surface area (Å²) in [6, 6.07) is 12.3. The van der Waals surface area contributed by atoms with Gasteiger partial charge in [-0.3, -0.25) is 4.72 Å². The van der Waals surface area contributed by atoms with Crippen molar-refractivity contribution >= 4 is 44.4 Å². The highest BCUT2D eigenvalue weighted by Gasteiger charge is 2.21. The SMILES string of the molecule is CCc1cc(-c2ccc(NS(=O)(=O)c3ccccc3Cl)nc2C)nc2cnc(N[C@H]3CC[C@H](N)CC3)nc12. The van der Waals surface area contributed by atoms with Gasteiger partial charge in [-0.05, 0) is 74.9 Å². The van der Waals surface area contributed by atoms with Crippen LogP contribution in [0, 0.1) is 6.92 Å². The van der Waals surface area contributed by atoms with Crippen molar-refractivity contribution in [3.05, 3.63) is 64.9 Å². The minimum Gasteiger partial charge on any atom is -0.351 e. The number of sulfonamides is 1. The average molecular weight is 552 g/mol. The van der Waals surface area contributed by atoms with Crippen molar-refractivity contribution in [2.45, 2.75) is 62.9 Å². The molecule has 11 heteroatoms. The molecule has 9 nitrogen and oxygen atoms in total. The molecule has 1 saturated carbocycles. The minimum absolute atomic E-state index is 0.00472. The zero-order valence-corrected chi connectivity index (χ0v) is 22.9. The van der Waals surface area contributed by atoms with E-state index in [0.29, 0.717) is 23.2 Å². The lowest BCUT2D eigenvalue weighted by atomic mass is 9.92. The van der Waals surface area contributed by atoms with Crippen LogP contribution in [0.25, 0.3) is 22.3 Å². The molecule has 198 valence electrons. The second-order valence-corrected chi connectivity index (χ2v) is 11.6. The Hall–Kier alpha value is -3.34. The molecule has 0 amide bonds. The summed E-state index contributed by atoms with van der Waals surface area (Å²) in [7, 11) is -3.88. The van der Waals surface area contributed by atoms with Crippen LogP contribution >= 0.6 is 11.6 Å². The van der Waals surface area contributed by atoms with Gasteiger partial charge in [0.05, 0.1) is 22.4 Å². The van der Waals surface area contributed by atoms with Crippen molar-refractivity contribution in [1.29, 1.82) is 0 Å². The molecule has 3 heterocycles. The fraction of sp³-hybridized carbons (Fsp3) is 0.333. The van der Waals surface area contributed by atoms with Gasteiger partial charge in [0.15, 0.2) is 0 Å². The van der Waals surface area contributed by atoms with E-state index < -0.39 is 10.0 Å². The number of nitrogens with one attached hydrogen (secondary N) is 2. The van der Waals surface area contributed by atoms with Gasteiger partial charge in [0, 0.05) is 23.3 Å². The van der Waals surface area contributed by atoms with Crippen molar-refractivity contribution in [3.8, 4) is 11.3 Å². The highest BCUT2D eigenvalue weighted by molar-refractivity contribution is 7.92. The van der Waals surface area contributed by atoms with Crippen LogP contribution in [0.5, 0.6) is 0 Å². The molecule has 38 heavy (non-hydrogen) atoms. The van der Waals surface area contributed by atoms with Crippen molar-refractivity contribution in [2.75, 3.05) is 10.0 Å². The van der Waals surface area contributed by atoms with Gasteiger partial charge >= 0.3 is 0 Å². The van der Waals surface area contributed by atoms with E-state index in [1.807, 2.05) is 19.1 Å². The molecule has 0 atom stereocenters. The Morgan fingerprint density at radius 2 is 1.82 bits per heavy atom. The summed E-state index contributed by atoms with van der Waals surface area (Å²) in [6.07, 6.45) is 6.54. The molecule has 0 saturated heterocycles. The Bertz CT molecular complexity index is 1590. The van der Waals surface area contributed by atoms with Crippen LogP contribution in [0.1, 0.15) is 43.9 Å². The third kappa shape index (κ3) is 5.57. The molecule has 4 N–H and O–H groups in total. The van der Waals surface area contributed by atoms with Crippen LogP contribution in [0.4, 0.5) is 11.8 Å². The number of benzene rings is 1. The van der Waals surface area contributed by atoms with Gasteiger partial charge in [-0.15, -0.1) is 0 Å². The Morgan fingerprint density at radius 1 is 1.05 bits per heavy atom. The molecule has 0 unspecified atom stereocenters. The zero-order valence-electron chi connectivity index (χ0n) is 21.3. The van der Waals surface area contributed by atoms with E-state index in [1.54, 1.807) is 24.4 Å². The summed E-state index contributed by atoms with van der Waals surface area (Å²) >= 11 is 6.08. The normalized spacial score (nSPS) is 17.9. The molecule has 0 radical (unpaired) electrons. The van der Waals surface area contributed by atoms with Crippen LogP contribution in [-0.4, -0.2) is 40.4 Å². The Labute approximate surface area is 227 Å². The first kappa shape index (κ1) is 26.3. The van der Waals surface area contributed by atoms with Crippen LogP contribution in [0.15, 0.2) is 53.6 Å². The highest BCUT2D eigenvalue weighted by atomic mass is 35.5. The summed E-state index contributed by atoms with van der Waals surface area (Å²) in [6.45, 7) is 3.90. The molecule has 0 bridgehead atoms. The summed E-state index contributed by atoms with van der Waals surface area (Å²) in [5.74, 6) is 0.806. The minimum atomic E-state index is -3.88. The second kappa shape index (κ2) is 10.8. The largest absolute Gasteiger partial charge is 0.351 e.